The van der Waals surface area contributed by atoms with Crippen LogP contribution in [0.4, 0.5) is 0 Å². The summed E-state index contributed by atoms with van der Waals surface area (Å²) in [5.74, 6) is 1.34. The number of hydrogen-bond acceptors (Lipinski definition) is 4. The lowest BCUT2D eigenvalue weighted by Crippen LogP contribution is -2.17. The van der Waals surface area contributed by atoms with E-state index < -0.39 is 0 Å². The van der Waals surface area contributed by atoms with Crippen LogP contribution < -0.4 is 14.8 Å². The van der Waals surface area contributed by atoms with Gasteiger partial charge in [0.05, 0.1) is 6.61 Å². The Morgan fingerprint density at radius 1 is 1.00 bits per heavy atom. The molecule has 0 bridgehead atoms. The molecule has 0 aliphatic carbocycles. The summed E-state index contributed by atoms with van der Waals surface area (Å²) in [7, 11) is 0. The molecule has 0 spiro atoms. The first-order chi connectivity index (χ1) is 13.6. The second kappa shape index (κ2) is 12.6. The Balaban J connectivity index is 2.05. The van der Waals surface area contributed by atoms with E-state index >= 15 is 0 Å². The van der Waals surface area contributed by atoms with Crippen molar-refractivity contribution in [3.63, 3.8) is 0 Å². The smallest absolute Gasteiger partial charge is 0.162 e. The van der Waals surface area contributed by atoms with E-state index in [1.165, 1.54) is 0 Å². The summed E-state index contributed by atoms with van der Waals surface area (Å²) in [6, 6.07) is 9.32. The summed E-state index contributed by atoms with van der Waals surface area (Å²) in [6.45, 7) is 7.90. The Kier molecular flexibility index (Phi) is 10.4. The van der Waals surface area contributed by atoms with E-state index in [0.717, 1.165) is 48.3 Å². The average Bonchev–Trinajstić information content (AvgIpc) is 2.67. The highest BCUT2D eigenvalue weighted by Crippen LogP contribution is 2.35. The van der Waals surface area contributed by atoms with Crippen LogP contribution in [0.2, 0.25) is 10.0 Å². The van der Waals surface area contributed by atoms with Crippen molar-refractivity contribution in [3.05, 3.63) is 56.0 Å². The molecule has 1 N–H and O–H groups in total. The Bertz CT molecular complexity index is 738. The van der Waals surface area contributed by atoms with Crippen LogP contribution in [0, 0.1) is 0 Å². The van der Waals surface area contributed by atoms with Gasteiger partial charge in [-0.15, -0.1) is 0 Å². The summed E-state index contributed by atoms with van der Waals surface area (Å²) in [4.78, 5) is 0. The van der Waals surface area contributed by atoms with Crippen molar-refractivity contribution in [2.45, 2.75) is 33.4 Å². The molecular formula is C21H26BrCl2NO3. The van der Waals surface area contributed by atoms with E-state index in [1.54, 1.807) is 12.1 Å². The molecule has 28 heavy (non-hydrogen) atoms. The number of benzene rings is 2. The molecule has 4 nitrogen and oxygen atoms in total. The second-order valence-electron chi connectivity index (χ2n) is 6.04. The van der Waals surface area contributed by atoms with Gasteiger partial charge in [0.25, 0.3) is 0 Å². The molecule has 0 fully saturated rings. The van der Waals surface area contributed by atoms with Crippen LogP contribution in [0.15, 0.2) is 34.8 Å². The highest BCUT2D eigenvalue weighted by Gasteiger charge is 2.13. The van der Waals surface area contributed by atoms with Crippen LogP contribution in [0.1, 0.15) is 31.4 Å². The molecule has 0 saturated carbocycles. The van der Waals surface area contributed by atoms with Crippen molar-refractivity contribution >= 4 is 39.1 Å². The summed E-state index contributed by atoms with van der Waals surface area (Å²) in [5.41, 5.74) is 1.85. The lowest BCUT2D eigenvalue weighted by molar-refractivity contribution is 0.144. The van der Waals surface area contributed by atoms with Gasteiger partial charge in [-0.25, -0.2) is 0 Å². The standard InChI is InChI=1S/C21H26BrCl2NO3/c1-3-26-10-6-9-25-13-15-11-20(27-4-2)21(12-17(15)22)28-14-16-18(23)7-5-8-19(16)24/h5,7-8,11-12,25H,3-4,6,9-10,13-14H2,1-2H3. The van der Waals surface area contributed by atoms with Crippen molar-refractivity contribution in [1.82, 2.24) is 5.32 Å². The molecular weight excluding hydrogens is 465 g/mol. The molecule has 0 aliphatic rings. The summed E-state index contributed by atoms with van der Waals surface area (Å²) < 4.78 is 18.1. The van der Waals surface area contributed by atoms with Crippen LogP contribution >= 0.6 is 39.1 Å². The Labute approximate surface area is 185 Å². The van der Waals surface area contributed by atoms with E-state index in [9.17, 15) is 0 Å². The molecule has 0 aromatic heterocycles. The maximum absolute atomic E-state index is 6.23. The molecule has 0 aliphatic heterocycles. The maximum atomic E-state index is 6.23. The van der Waals surface area contributed by atoms with Gasteiger partial charge in [0, 0.05) is 39.8 Å². The largest absolute Gasteiger partial charge is 0.490 e. The van der Waals surface area contributed by atoms with E-state index in [2.05, 4.69) is 21.2 Å². The lowest BCUT2D eigenvalue weighted by atomic mass is 10.2. The van der Waals surface area contributed by atoms with Crippen LogP contribution in [0.25, 0.3) is 0 Å². The topological polar surface area (TPSA) is 39.7 Å². The van der Waals surface area contributed by atoms with E-state index in [1.807, 2.05) is 32.0 Å². The molecule has 0 saturated heterocycles. The van der Waals surface area contributed by atoms with Gasteiger partial charge in [-0.3, -0.25) is 0 Å². The molecule has 2 rings (SSSR count). The zero-order chi connectivity index (χ0) is 20.4. The van der Waals surface area contributed by atoms with Crippen LogP contribution in [-0.2, 0) is 17.9 Å². The van der Waals surface area contributed by atoms with Gasteiger partial charge in [-0.1, -0.05) is 45.2 Å². The van der Waals surface area contributed by atoms with Crippen molar-refractivity contribution in [2.24, 2.45) is 0 Å². The molecule has 0 amide bonds. The van der Waals surface area contributed by atoms with E-state index in [0.29, 0.717) is 28.2 Å². The minimum absolute atomic E-state index is 0.264. The third-order valence-electron chi connectivity index (χ3n) is 4.01. The number of halogens is 3. The zero-order valence-electron chi connectivity index (χ0n) is 16.2. The maximum Gasteiger partial charge on any atom is 0.162 e. The minimum Gasteiger partial charge on any atom is -0.490 e. The van der Waals surface area contributed by atoms with Gasteiger partial charge in [0.15, 0.2) is 11.5 Å². The lowest BCUT2D eigenvalue weighted by Gasteiger charge is -2.16. The summed E-state index contributed by atoms with van der Waals surface area (Å²) in [5, 5.41) is 4.58. The number of hydrogen-bond donors (Lipinski definition) is 1. The Morgan fingerprint density at radius 3 is 2.39 bits per heavy atom. The fourth-order valence-corrected chi connectivity index (χ4v) is 3.55. The number of nitrogens with one attached hydrogen (secondary N) is 1. The number of rotatable bonds is 12. The first kappa shape index (κ1) is 23.3. The molecule has 0 heterocycles. The molecule has 0 radical (unpaired) electrons. The van der Waals surface area contributed by atoms with E-state index in [4.69, 9.17) is 37.4 Å². The van der Waals surface area contributed by atoms with Crippen LogP contribution in [-0.4, -0.2) is 26.4 Å². The fourth-order valence-electron chi connectivity index (χ4n) is 2.58. The third-order valence-corrected chi connectivity index (χ3v) is 5.45. The Morgan fingerprint density at radius 2 is 1.71 bits per heavy atom. The number of ether oxygens (including phenoxy) is 3. The molecule has 154 valence electrons. The highest BCUT2D eigenvalue weighted by molar-refractivity contribution is 9.10. The second-order valence-corrected chi connectivity index (χ2v) is 7.71. The molecule has 0 unspecified atom stereocenters. The van der Waals surface area contributed by atoms with Gasteiger partial charge in [0.2, 0.25) is 0 Å². The molecule has 0 atom stereocenters. The molecule has 7 heteroatoms. The van der Waals surface area contributed by atoms with Crippen molar-refractivity contribution in [3.8, 4) is 11.5 Å². The van der Waals surface area contributed by atoms with Gasteiger partial charge in [0.1, 0.15) is 6.61 Å². The monoisotopic (exact) mass is 489 g/mol. The minimum atomic E-state index is 0.264. The van der Waals surface area contributed by atoms with Crippen LogP contribution in [0.3, 0.4) is 0 Å². The summed E-state index contributed by atoms with van der Waals surface area (Å²) in [6.07, 6.45) is 0.976. The van der Waals surface area contributed by atoms with Crippen molar-refractivity contribution in [1.29, 1.82) is 0 Å². The summed E-state index contributed by atoms with van der Waals surface area (Å²) >= 11 is 16.1. The first-order valence-electron chi connectivity index (χ1n) is 9.36. The van der Waals surface area contributed by atoms with Gasteiger partial charge < -0.3 is 19.5 Å². The first-order valence-corrected chi connectivity index (χ1v) is 10.9. The quantitative estimate of drug-likeness (QED) is 0.357. The Hall–Kier alpha value is -0.980. The van der Waals surface area contributed by atoms with Crippen molar-refractivity contribution in [2.75, 3.05) is 26.4 Å². The predicted molar refractivity (Wildman–Crippen MR) is 119 cm³/mol. The average molecular weight is 491 g/mol. The van der Waals surface area contributed by atoms with Crippen LogP contribution in [0.5, 0.6) is 11.5 Å². The molecule has 2 aromatic rings. The van der Waals surface area contributed by atoms with Gasteiger partial charge in [-0.05, 0) is 56.6 Å². The SMILES string of the molecule is CCOCCCNCc1cc(OCC)c(OCc2c(Cl)cccc2Cl)cc1Br. The normalized spacial score (nSPS) is 10.9. The van der Waals surface area contributed by atoms with E-state index in [-0.39, 0.29) is 6.61 Å². The fraction of sp³-hybridized carbons (Fsp3) is 0.429. The zero-order valence-corrected chi connectivity index (χ0v) is 19.3. The highest BCUT2D eigenvalue weighted by atomic mass is 79.9. The molecule has 2 aromatic carbocycles. The third kappa shape index (κ3) is 7.12. The van der Waals surface area contributed by atoms with Crippen molar-refractivity contribution < 1.29 is 14.2 Å². The predicted octanol–water partition coefficient (Wildman–Crippen LogP) is 6.25. The van der Waals surface area contributed by atoms with Gasteiger partial charge >= 0.3 is 0 Å². The van der Waals surface area contributed by atoms with Gasteiger partial charge in [-0.2, -0.15) is 0 Å².